The second kappa shape index (κ2) is 6.86. The summed E-state index contributed by atoms with van der Waals surface area (Å²) in [5.74, 6) is -0.240. The number of nitrogens with zero attached hydrogens (tertiary/aromatic N) is 4. The van der Waals surface area contributed by atoms with E-state index in [2.05, 4.69) is 16.4 Å². The number of imidazole rings is 1. The van der Waals surface area contributed by atoms with Crippen molar-refractivity contribution < 1.29 is 4.79 Å². The first-order valence-electron chi connectivity index (χ1n) is 8.68. The molecule has 1 aromatic carbocycles. The molecule has 3 aromatic rings. The minimum atomic E-state index is -0.472. The zero-order valence-corrected chi connectivity index (χ0v) is 16.1. The zero-order chi connectivity index (χ0) is 19.9. The molecule has 8 heteroatoms. The Balaban J connectivity index is 1.85. The molecule has 1 atom stereocenters. The van der Waals surface area contributed by atoms with Crippen LogP contribution in [0.3, 0.4) is 0 Å². The molecule has 27 heavy (non-hydrogen) atoms. The second-order valence-electron chi connectivity index (χ2n) is 6.88. The van der Waals surface area contributed by atoms with E-state index >= 15 is 0 Å². The lowest BCUT2D eigenvalue weighted by molar-refractivity contribution is -0.122. The molecule has 2 heterocycles. The first-order chi connectivity index (χ1) is 12.7. The summed E-state index contributed by atoms with van der Waals surface area (Å²) in [7, 11) is 2.95. The predicted octanol–water partition coefficient (Wildman–Crippen LogP) is 0.928. The molecule has 1 amide bonds. The maximum absolute atomic E-state index is 12.5. The Hall–Kier alpha value is -3.16. The third-order valence-electron chi connectivity index (χ3n) is 4.94. The largest absolute Gasteiger partial charge is 0.348 e. The van der Waals surface area contributed by atoms with Crippen molar-refractivity contribution in [3.8, 4) is 0 Å². The number of fused-ring (bicyclic) bond motifs is 1. The number of carbonyl (C=O) groups excluding carboxylic acids is 1. The van der Waals surface area contributed by atoms with Crippen molar-refractivity contribution in [3.63, 3.8) is 0 Å². The minimum absolute atomic E-state index is 0.0564. The number of nitrogens with one attached hydrogen (secondary N) is 1. The van der Waals surface area contributed by atoms with E-state index in [4.69, 9.17) is 0 Å². The SMILES string of the molecule is Cc1ccc([C@H](C)NC(=O)Cn2cnc3c2c(=O)n(C)c(=O)n3C)cc1C. The van der Waals surface area contributed by atoms with Crippen LogP contribution < -0.4 is 16.6 Å². The fraction of sp³-hybridized carbons (Fsp3) is 0.368. The standard InChI is InChI=1S/C19H23N5O3/c1-11-6-7-14(8-12(11)2)13(3)21-15(25)9-24-10-20-17-16(24)18(26)23(5)19(27)22(17)4/h6-8,10,13H,9H2,1-5H3,(H,21,25)/t13-/m0/s1. The van der Waals surface area contributed by atoms with E-state index in [1.807, 2.05) is 32.9 Å². The molecule has 3 rings (SSSR count). The van der Waals surface area contributed by atoms with E-state index in [0.717, 1.165) is 10.1 Å². The van der Waals surface area contributed by atoms with Gasteiger partial charge in [0.25, 0.3) is 5.56 Å². The predicted molar refractivity (Wildman–Crippen MR) is 103 cm³/mol. The fourth-order valence-corrected chi connectivity index (χ4v) is 3.08. The van der Waals surface area contributed by atoms with Gasteiger partial charge in [-0.15, -0.1) is 0 Å². The minimum Gasteiger partial charge on any atom is -0.348 e. The Bertz CT molecular complexity index is 1150. The van der Waals surface area contributed by atoms with Crippen LogP contribution in [0.2, 0.25) is 0 Å². The Morgan fingerprint density at radius 2 is 1.85 bits per heavy atom. The van der Waals surface area contributed by atoms with Gasteiger partial charge in [-0.25, -0.2) is 9.78 Å². The van der Waals surface area contributed by atoms with Crippen molar-refractivity contribution in [2.45, 2.75) is 33.4 Å². The summed E-state index contributed by atoms with van der Waals surface area (Å²) in [4.78, 5) is 41.0. The van der Waals surface area contributed by atoms with Crippen LogP contribution in [0.4, 0.5) is 0 Å². The molecular formula is C19H23N5O3. The Morgan fingerprint density at radius 1 is 1.15 bits per heavy atom. The number of hydrogen-bond donors (Lipinski definition) is 1. The third-order valence-corrected chi connectivity index (χ3v) is 4.94. The molecule has 0 fully saturated rings. The van der Waals surface area contributed by atoms with Crippen LogP contribution in [0, 0.1) is 13.8 Å². The van der Waals surface area contributed by atoms with Crippen LogP contribution in [0.1, 0.15) is 29.7 Å². The number of carbonyl (C=O) groups is 1. The quantitative estimate of drug-likeness (QED) is 0.741. The molecule has 0 bridgehead atoms. The van der Waals surface area contributed by atoms with Gasteiger partial charge in [-0.2, -0.15) is 0 Å². The number of benzene rings is 1. The molecule has 0 unspecified atom stereocenters. The summed E-state index contributed by atoms with van der Waals surface area (Å²) in [6, 6.07) is 5.91. The Kier molecular flexibility index (Phi) is 4.73. The lowest BCUT2D eigenvalue weighted by Gasteiger charge is -2.16. The van der Waals surface area contributed by atoms with Gasteiger partial charge in [-0.05, 0) is 37.5 Å². The number of aryl methyl sites for hydroxylation is 3. The summed E-state index contributed by atoms with van der Waals surface area (Å²) in [5, 5.41) is 2.94. The van der Waals surface area contributed by atoms with E-state index in [1.54, 1.807) is 7.05 Å². The van der Waals surface area contributed by atoms with E-state index in [-0.39, 0.29) is 29.7 Å². The highest BCUT2D eigenvalue weighted by atomic mass is 16.2. The summed E-state index contributed by atoms with van der Waals surface area (Å²) < 4.78 is 3.78. The molecule has 0 saturated carbocycles. The molecule has 8 nitrogen and oxygen atoms in total. The molecular weight excluding hydrogens is 346 g/mol. The molecule has 1 N–H and O–H groups in total. The van der Waals surface area contributed by atoms with Gasteiger partial charge in [0, 0.05) is 14.1 Å². The number of hydrogen-bond acceptors (Lipinski definition) is 4. The molecule has 0 saturated heterocycles. The number of aromatic nitrogens is 4. The van der Waals surface area contributed by atoms with Crippen LogP contribution in [-0.4, -0.2) is 24.6 Å². The number of rotatable bonds is 4. The molecule has 142 valence electrons. The van der Waals surface area contributed by atoms with Gasteiger partial charge >= 0.3 is 5.69 Å². The average molecular weight is 369 g/mol. The lowest BCUT2D eigenvalue weighted by Crippen LogP contribution is -2.38. The van der Waals surface area contributed by atoms with Crippen LogP contribution in [0.15, 0.2) is 34.1 Å². The van der Waals surface area contributed by atoms with Gasteiger partial charge in [-0.1, -0.05) is 18.2 Å². The lowest BCUT2D eigenvalue weighted by atomic mass is 10.0. The van der Waals surface area contributed by atoms with Gasteiger partial charge < -0.3 is 9.88 Å². The van der Waals surface area contributed by atoms with E-state index in [0.29, 0.717) is 0 Å². The summed E-state index contributed by atoms with van der Waals surface area (Å²) in [6.07, 6.45) is 1.41. The highest BCUT2D eigenvalue weighted by molar-refractivity contribution is 5.79. The number of amides is 1. The second-order valence-corrected chi connectivity index (χ2v) is 6.88. The van der Waals surface area contributed by atoms with Crippen LogP contribution in [0.25, 0.3) is 11.2 Å². The smallest absolute Gasteiger partial charge is 0.332 e. The van der Waals surface area contributed by atoms with Gasteiger partial charge in [0.15, 0.2) is 11.2 Å². The van der Waals surface area contributed by atoms with E-state index < -0.39 is 11.2 Å². The van der Waals surface area contributed by atoms with Gasteiger partial charge in [0.05, 0.1) is 12.4 Å². The zero-order valence-electron chi connectivity index (χ0n) is 16.1. The molecule has 0 aliphatic carbocycles. The van der Waals surface area contributed by atoms with Crippen LogP contribution in [0.5, 0.6) is 0 Å². The first kappa shape index (κ1) is 18.6. The normalized spacial score (nSPS) is 12.3. The summed E-state index contributed by atoms with van der Waals surface area (Å²) in [5.41, 5.74) is 2.94. The third kappa shape index (κ3) is 3.30. The average Bonchev–Trinajstić information content (AvgIpc) is 3.03. The molecule has 2 aromatic heterocycles. The van der Waals surface area contributed by atoms with E-state index in [1.165, 1.54) is 33.6 Å². The van der Waals surface area contributed by atoms with Crippen LogP contribution in [-0.2, 0) is 25.4 Å². The van der Waals surface area contributed by atoms with Gasteiger partial charge in [-0.3, -0.25) is 18.7 Å². The van der Waals surface area contributed by atoms with Crippen molar-refractivity contribution in [2.24, 2.45) is 14.1 Å². The van der Waals surface area contributed by atoms with Gasteiger partial charge in [0.2, 0.25) is 5.91 Å². The van der Waals surface area contributed by atoms with Crippen molar-refractivity contribution in [1.82, 2.24) is 24.0 Å². The van der Waals surface area contributed by atoms with Crippen molar-refractivity contribution in [2.75, 3.05) is 0 Å². The highest BCUT2D eigenvalue weighted by Gasteiger charge is 2.17. The van der Waals surface area contributed by atoms with Crippen molar-refractivity contribution in [1.29, 1.82) is 0 Å². The van der Waals surface area contributed by atoms with Crippen molar-refractivity contribution in [3.05, 3.63) is 62.1 Å². The molecule has 0 radical (unpaired) electrons. The maximum atomic E-state index is 12.5. The first-order valence-corrected chi connectivity index (χ1v) is 8.68. The van der Waals surface area contributed by atoms with Crippen molar-refractivity contribution >= 4 is 17.1 Å². The monoisotopic (exact) mass is 369 g/mol. The fourth-order valence-electron chi connectivity index (χ4n) is 3.08. The Labute approximate surface area is 156 Å². The molecule has 0 aliphatic rings. The van der Waals surface area contributed by atoms with E-state index in [9.17, 15) is 14.4 Å². The topological polar surface area (TPSA) is 90.9 Å². The summed E-state index contributed by atoms with van der Waals surface area (Å²) >= 11 is 0. The molecule has 0 aliphatic heterocycles. The highest BCUT2D eigenvalue weighted by Crippen LogP contribution is 2.17. The van der Waals surface area contributed by atoms with Gasteiger partial charge in [0.1, 0.15) is 6.54 Å². The maximum Gasteiger partial charge on any atom is 0.332 e. The summed E-state index contributed by atoms with van der Waals surface area (Å²) in [6.45, 7) is 5.93. The molecule has 0 spiro atoms. The Morgan fingerprint density at radius 3 is 2.52 bits per heavy atom. The van der Waals surface area contributed by atoms with Crippen LogP contribution >= 0.6 is 0 Å².